The zero-order valence-electron chi connectivity index (χ0n) is 9.63. The number of aromatic nitrogens is 1. The molecule has 0 aromatic carbocycles. The average Bonchev–Trinajstić information content (AvgIpc) is 2.56. The lowest BCUT2D eigenvalue weighted by atomic mass is 10.0. The Hall–Kier alpha value is -0.510. The molecule has 3 nitrogen and oxygen atoms in total. The highest BCUT2D eigenvalue weighted by atomic mass is 35.6. The summed E-state index contributed by atoms with van der Waals surface area (Å²) in [6.45, 7) is 3.57. The largest absolute Gasteiger partial charge is 0.347 e. The van der Waals surface area contributed by atoms with E-state index in [1.54, 1.807) is 27.1 Å². The molecule has 0 bridgehead atoms. The molecule has 0 aliphatic carbocycles. The van der Waals surface area contributed by atoms with Crippen molar-refractivity contribution in [1.29, 1.82) is 0 Å². The maximum absolute atomic E-state index is 11.8. The third-order valence-electron chi connectivity index (χ3n) is 2.30. The number of ketones is 2. The zero-order chi connectivity index (χ0) is 13.4. The first-order valence-electron chi connectivity index (χ1n) is 4.96. The topological polar surface area (TPSA) is 39.1 Å². The minimum atomic E-state index is -2.01. The minimum absolute atomic E-state index is 0.0519. The Balaban J connectivity index is 3.14. The van der Waals surface area contributed by atoms with Gasteiger partial charge in [-0.1, -0.05) is 48.7 Å². The molecule has 0 radical (unpaired) electrons. The van der Waals surface area contributed by atoms with E-state index in [2.05, 4.69) is 0 Å². The van der Waals surface area contributed by atoms with Gasteiger partial charge in [-0.3, -0.25) is 9.59 Å². The van der Waals surface area contributed by atoms with Gasteiger partial charge in [-0.2, -0.15) is 0 Å². The minimum Gasteiger partial charge on any atom is -0.347 e. The fourth-order valence-electron chi connectivity index (χ4n) is 1.40. The van der Waals surface area contributed by atoms with Crippen LogP contribution in [0.5, 0.6) is 0 Å². The number of nitrogens with zero attached hydrogens (tertiary/aromatic N) is 1. The van der Waals surface area contributed by atoms with Crippen molar-refractivity contribution in [3.05, 3.63) is 23.5 Å². The molecular formula is C11H12Cl3NO2. The van der Waals surface area contributed by atoms with Gasteiger partial charge in [-0.05, 0) is 6.07 Å². The second kappa shape index (κ2) is 5.01. The summed E-state index contributed by atoms with van der Waals surface area (Å²) < 4.78 is -0.524. The molecule has 0 fully saturated rings. The van der Waals surface area contributed by atoms with Crippen molar-refractivity contribution in [2.75, 3.05) is 0 Å². The molecule has 17 heavy (non-hydrogen) atoms. The van der Waals surface area contributed by atoms with Crippen LogP contribution < -0.4 is 0 Å². The van der Waals surface area contributed by atoms with Crippen molar-refractivity contribution in [2.45, 2.75) is 17.6 Å². The van der Waals surface area contributed by atoms with Crippen LogP contribution in [-0.4, -0.2) is 19.9 Å². The van der Waals surface area contributed by atoms with Gasteiger partial charge in [-0.15, -0.1) is 0 Å². The second-order valence-corrected chi connectivity index (χ2v) is 6.35. The summed E-state index contributed by atoms with van der Waals surface area (Å²) in [5.41, 5.74) is 0.647. The molecule has 0 unspecified atom stereocenters. The van der Waals surface area contributed by atoms with Crippen molar-refractivity contribution in [3.63, 3.8) is 0 Å². The summed E-state index contributed by atoms with van der Waals surface area (Å²) in [7, 11) is 1.63. The Morgan fingerprint density at radius 3 is 2.24 bits per heavy atom. The summed E-state index contributed by atoms with van der Waals surface area (Å²) >= 11 is 16.6. The van der Waals surface area contributed by atoms with Crippen LogP contribution >= 0.6 is 34.8 Å². The van der Waals surface area contributed by atoms with E-state index < -0.39 is 9.58 Å². The summed E-state index contributed by atoms with van der Waals surface area (Å²) in [6, 6.07) is 1.45. The Labute approximate surface area is 115 Å². The molecule has 1 aromatic rings. The molecule has 1 heterocycles. The van der Waals surface area contributed by atoms with Crippen LogP contribution in [0.2, 0.25) is 0 Å². The normalized spacial score (nSPS) is 11.9. The molecule has 6 heteroatoms. The van der Waals surface area contributed by atoms with Gasteiger partial charge in [0.25, 0.3) is 3.79 Å². The molecular weight excluding hydrogens is 284 g/mol. The first-order chi connectivity index (χ1) is 7.64. The number of carbonyl (C=O) groups is 2. The molecule has 0 spiro atoms. The van der Waals surface area contributed by atoms with E-state index in [0.29, 0.717) is 5.56 Å². The number of rotatable bonds is 3. The van der Waals surface area contributed by atoms with E-state index in [1.165, 1.54) is 10.6 Å². The van der Waals surface area contributed by atoms with Gasteiger partial charge in [0.05, 0.1) is 5.69 Å². The SMILES string of the molecule is CC(C)C(=O)c1cc(C(=O)C(Cl)(Cl)Cl)n(C)c1. The monoisotopic (exact) mass is 295 g/mol. The third kappa shape index (κ3) is 3.24. The summed E-state index contributed by atoms with van der Waals surface area (Å²) in [5, 5.41) is 0. The number of hydrogen-bond acceptors (Lipinski definition) is 2. The van der Waals surface area contributed by atoms with Gasteiger partial charge in [0, 0.05) is 24.7 Å². The van der Waals surface area contributed by atoms with Crippen LogP contribution in [0.25, 0.3) is 0 Å². The van der Waals surface area contributed by atoms with E-state index in [0.717, 1.165) is 0 Å². The third-order valence-corrected chi connectivity index (χ3v) is 2.82. The fourth-order valence-corrected chi connectivity index (χ4v) is 1.69. The van der Waals surface area contributed by atoms with E-state index in [-0.39, 0.29) is 17.4 Å². The first kappa shape index (κ1) is 14.6. The maximum atomic E-state index is 11.8. The number of hydrogen-bond donors (Lipinski definition) is 0. The van der Waals surface area contributed by atoms with Crippen LogP contribution in [-0.2, 0) is 7.05 Å². The molecule has 94 valence electrons. The van der Waals surface area contributed by atoms with Crippen molar-refractivity contribution >= 4 is 46.4 Å². The Kier molecular flexibility index (Phi) is 4.28. The van der Waals surface area contributed by atoms with Crippen LogP contribution in [0.1, 0.15) is 34.7 Å². The lowest BCUT2D eigenvalue weighted by molar-refractivity contribution is 0.0939. The van der Waals surface area contributed by atoms with Crippen LogP contribution in [0, 0.1) is 5.92 Å². The van der Waals surface area contributed by atoms with Gasteiger partial charge in [0.2, 0.25) is 5.78 Å². The van der Waals surface area contributed by atoms with Crippen molar-refractivity contribution in [1.82, 2.24) is 4.57 Å². The van der Waals surface area contributed by atoms with Gasteiger partial charge >= 0.3 is 0 Å². The van der Waals surface area contributed by atoms with E-state index >= 15 is 0 Å². The number of aryl methyl sites for hydroxylation is 1. The lowest BCUT2D eigenvalue weighted by Crippen LogP contribution is -2.21. The molecule has 1 aromatic heterocycles. The quantitative estimate of drug-likeness (QED) is 0.633. The van der Waals surface area contributed by atoms with Gasteiger partial charge in [-0.25, -0.2) is 0 Å². The summed E-state index contributed by atoms with van der Waals surface area (Å²) in [5.74, 6) is -0.843. The van der Waals surface area contributed by atoms with Crippen molar-refractivity contribution < 1.29 is 9.59 Å². The standard InChI is InChI=1S/C11H12Cl3NO2/c1-6(2)9(16)7-4-8(15(3)5-7)10(17)11(12,13)14/h4-6H,1-3H3. The highest BCUT2D eigenvalue weighted by Gasteiger charge is 2.34. The van der Waals surface area contributed by atoms with Crippen LogP contribution in [0.3, 0.4) is 0 Å². The van der Waals surface area contributed by atoms with Crippen LogP contribution in [0.15, 0.2) is 12.3 Å². The van der Waals surface area contributed by atoms with Gasteiger partial charge in [0.15, 0.2) is 5.78 Å². The molecule has 0 aliphatic rings. The molecule has 0 N–H and O–H groups in total. The predicted molar refractivity (Wildman–Crippen MR) is 69.2 cm³/mol. The van der Waals surface area contributed by atoms with Gasteiger partial charge in [0.1, 0.15) is 0 Å². The average molecular weight is 297 g/mol. The molecule has 0 atom stereocenters. The number of Topliss-reactive ketones (excluding diaryl/α,β-unsaturated/α-hetero) is 2. The molecule has 1 rings (SSSR count). The predicted octanol–water partition coefficient (Wildman–Crippen LogP) is 3.42. The zero-order valence-corrected chi connectivity index (χ0v) is 11.9. The Morgan fingerprint density at radius 2 is 1.82 bits per heavy atom. The van der Waals surface area contributed by atoms with Gasteiger partial charge < -0.3 is 4.57 Å². The first-order valence-corrected chi connectivity index (χ1v) is 6.10. The molecule has 0 aliphatic heterocycles. The maximum Gasteiger partial charge on any atom is 0.255 e. The fraction of sp³-hybridized carbons (Fsp3) is 0.455. The van der Waals surface area contributed by atoms with E-state index in [1.807, 2.05) is 0 Å². The lowest BCUT2D eigenvalue weighted by Gasteiger charge is -2.09. The Bertz CT molecular complexity index is 458. The molecule has 0 amide bonds. The van der Waals surface area contributed by atoms with E-state index in [9.17, 15) is 9.59 Å². The highest BCUT2D eigenvalue weighted by molar-refractivity contribution is 6.77. The smallest absolute Gasteiger partial charge is 0.255 e. The summed E-state index contributed by atoms with van der Waals surface area (Å²) in [6.07, 6.45) is 1.56. The summed E-state index contributed by atoms with van der Waals surface area (Å²) in [4.78, 5) is 23.5. The van der Waals surface area contributed by atoms with Crippen molar-refractivity contribution in [3.8, 4) is 0 Å². The number of halogens is 3. The number of alkyl halides is 3. The molecule has 0 saturated carbocycles. The molecule has 0 saturated heterocycles. The van der Waals surface area contributed by atoms with E-state index in [4.69, 9.17) is 34.8 Å². The van der Waals surface area contributed by atoms with Crippen LogP contribution in [0.4, 0.5) is 0 Å². The second-order valence-electron chi connectivity index (χ2n) is 4.07. The highest BCUT2D eigenvalue weighted by Crippen LogP contribution is 2.31. The van der Waals surface area contributed by atoms with Crippen molar-refractivity contribution in [2.24, 2.45) is 13.0 Å². The number of carbonyl (C=O) groups excluding carboxylic acids is 2. The Morgan fingerprint density at radius 1 is 1.29 bits per heavy atom.